The van der Waals surface area contributed by atoms with E-state index in [1.54, 1.807) is 0 Å². The second-order valence-corrected chi connectivity index (χ2v) is 6.47. The van der Waals surface area contributed by atoms with E-state index in [4.69, 9.17) is 22.7 Å². The molecule has 0 fully saturated rings. The lowest BCUT2D eigenvalue weighted by Gasteiger charge is -2.25. The highest BCUT2D eigenvalue weighted by Gasteiger charge is 2.22. The zero-order valence-electron chi connectivity index (χ0n) is 13.6. The van der Waals surface area contributed by atoms with Gasteiger partial charge in [-0.2, -0.15) is 0 Å². The molecule has 2 aromatic rings. The van der Waals surface area contributed by atoms with Gasteiger partial charge in [0, 0.05) is 34.7 Å². The molecule has 0 aliphatic heterocycles. The number of fused-ring (bicyclic) bond motifs is 1. The Morgan fingerprint density at radius 1 is 1.17 bits per heavy atom. The van der Waals surface area contributed by atoms with Gasteiger partial charge in [0.15, 0.2) is 0 Å². The molecule has 2 nitrogen and oxygen atoms in total. The lowest BCUT2D eigenvalue weighted by atomic mass is 9.95. The van der Waals surface area contributed by atoms with Crippen molar-refractivity contribution in [3.8, 4) is 5.75 Å². The highest BCUT2D eigenvalue weighted by molar-refractivity contribution is 7.80. The van der Waals surface area contributed by atoms with E-state index < -0.39 is 0 Å². The van der Waals surface area contributed by atoms with Crippen LogP contribution in [0.2, 0.25) is 0 Å². The molecule has 0 saturated heterocycles. The van der Waals surface area contributed by atoms with Crippen molar-refractivity contribution < 1.29 is 4.74 Å². The molecule has 0 aromatic heterocycles. The number of nitrogens with two attached hydrogens (primary N) is 1. The van der Waals surface area contributed by atoms with Crippen molar-refractivity contribution in [3.05, 3.63) is 66.3 Å². The minimum atomic E-state index is -0.113. The monoisotopic (exact) mass is 359 g/mol. The highest BCUT2D eigenvalue weighted by Crippen LogP contribution is 2.29. The van der Waals surface area contributed by atoms with E-state index in [0.29, 0.717) is 0 Å². The molecule has 2 unspecified atom stereocenters. The Bertz CT molecular complexity index is 777. The first-order valence-corrected chi connectivity index (χ1v) is 8.36. The largest absolute Gasteiger partial charge is 0.485 e. The Hall–Kier alpha value is -1.68. The molecule has 0 bridgehead atoms. The van der Waals surface area contributed by atoms with Gasteiger partial charge >= 0.3 is 0 Å². The third-order valence-corrected chi connectivity index (χ3v) is 4.39. The summed E-state index contributed by atoms with van der Waals surface area (Å²) in [6, 6.07) is 14.4. The number of rotatable bonds is 5. The van der Waals surface area contributed by atoms with Gasteiger partial charge in [0.1, 0.15) is 11.9 Å². The van der Waals surface area contributed by atoms with E-state index in [9.17, 15) is 0 Å². The molecule has 126 valence electrons. The quantitative estimate of drug-likeness (QED) is 0.763. The first kappa shape index (κ1) is 18.7. The van der Waals surface area contributed by atoms with Crippen LogP contribution in [0.15, 0.2) is 66.3 Å². The number of hydrogen-bond acceptors (Lipinski definition) is 3. The molecule has 0 saturated carbocycles. The van der Waals surface area contributed by atoms with E-state index >= 15 is 0 Å². The maximum Gasteiger partial charge on any atom is 0.128 e. The SMILES string of the molecule is CC(N)CC(Oc1cccc2ccccc12)C1=CC=CCC1=S.Cl. The van der Waals surface area contributed by atoms with Crippen molar-refractivity contribution in [1.29, 1.82) is 0 Å². The van der Waals surface area contributed by atoms with Gasteiger partial charge in [0.25, 0.3) is 0 Å². The van der Waals surface area contributed by atoms with Crippen LogP contribution in [-0.2, 0) is 0 Å². The summed E-state index contributed by atoms with van der Waals surface area (Å²) in [7, 11) is 0. The number of allylic oxidation sites excluding steroid dienone is 3. The zero-order valence-corrected chi connectivity index (χ0v) is 15.3. The van der Waals surface area contributed by atoms with E-state index in [2.05, 4.69) is 30.4 Å². The first-order valence-electron chi connectivity index (χ1n) is 7.95. The Morgan fingerprint density at radius 2 is 1.92 bits per heavy atom. The molecular weight excluding hydrogens is 338 g/mol. The average molecular weight is 360 g/mol. The summed E-state index contributed by atoms with van der Waals surface area (Å²) in [5.41, 5.74) is 7.12. The smallest absolute Gasteiger partial charge is 0.128 e. The Morgan fingerprint density at radius 3 is 2.67 bits per heavy atom. The normalized spacial score (nSPS) is 16.2. The fraction of sp³-hybridized carbons (Fsp3) is 0.250. The third-order valence-electron chi connectivity index (χ3n) is 3.99. The first-order chi connectivity index (χ1) is 11.1. The summed E-state index contributed by atoms with van der Waals surface area (Å²) < 4.78 is 6.38. The van der Waals surface area contributed by atoms with Gasteiger partial charge in [-0.25, -0.2) is 0 Å². The zero-order chi connectivity index (χ0) is 16.2. The molecule has 24 heavy (non-hydrogen) atoms. The number of hydrogen-bond donors (Lipinski definition) is 1. The molecule has 1 aliphatic carbocycles. The molecule has 2 atom stereocenters. The molecule has 0 amide bonds. The Balaban J connectivity index is 0.00000208. The molecule has 2 aromatic carbocycles. The van der Waals surface area contributed by atoms with Crippen molar-refractivity contribution in [3.63, 3.8) is 0 Å². The average Bonchev–Trinajstić information content (AvgIpc) is 2.55. The maximum absolute atomic E-state index is 6.38. The predicted octanol–water partition coefficient (Wildman–Crippen LogP) is 5.00. The van der Waals surface area contributed by atoms with Crippen molar-refractivity contribution in [2.24, 2.45) is 5.73 Å². The van der Waals surface area contributed by atoms with E-state index in [-0.39, 0.29) is 24.6 Å². The van der Waals surface area contributed by atoms with Crippen LogP contribution >= 0.6 is 24.6 Å². The van der Waals surface area contributed by atoms with Crippen LogP contribution in [0, 0.1) is 0 Å². The van der Waals surface area contributed by atoms with E-state index in [1.807, 2.05) is 37.3 Å². The summed E-state index contributed by atoms with van der Waals surface area (Å²) in [6.07, 6.45) is 7.61. The van der Waals surface area contributed by atoms with E-state index in [1.165, 1.54) is 5.39 Å². The van der Waals surface area contributed by atoms with Crippen LogP contribution in [0.4, 0.5) is 0 Å². The van der Waals surface area contributed by atoms with Crippen LogP contribution in [0.1, 0.15) is 19.8 Å². The van der Waals surface area contributed by atoms with Gasteiger partial charge < -0.3 is 10.5 Å². The fourth-order valence-corrected chi connectivity index (χ4v) is 3.17. The minimum absolute atomic E-state index is 0. The molecule has 0 heterocycles. The summed E-state index contributed by atoms with van der Waals surface area (Å²) in [5, 5.41) is 2.28. The summed E-state index contributed by atoms with van der Waals surface area (Å²) in [5.74, 6) is 0.881. The van der Waals surface area contributed by atoms with Gasteiger partial charge in [0.05, 0.1) is 0 Å². The van der Waals surface area contributed by atoms with Crippen LogP contribution in [0.25, 0.3) is 10.8 Å². The molecule has 4 heteroatoms. The Kier molecular flexibility index (Phi) is 6.55. The summed E-state index contributed by atoms with van der Waals surface area (Å²) in [6.45, 7) is 2.00. The Labute approximate surface area is 154 Å². The van der Waals surface area contributed by atoms with Crippen LogP contribution < -0.4 is 10.5 Å². The molecule has 3 rings (SSSR count). The van der Waals surface area contributed by atoms with Gasteiger partial charge in [-0.3, -0.25) is 0 Å². The topological polar surface area (TPSA) is 35.2 Å². The van der Waals surface area contributed by atoms with Gasteiger partial charge in [-0.05, 0) is 18.4 Å². The second kappa shape index (κ2) is 8.43. The second-order valence-electron chi connectivity index (χ2n) is 5.97. The van der Waals surface area contributed by atoms with Crippen molar-refractivity contribution in [2.75, 3.05) is 0 Å². The van der Waals surface area contributed by atoms with Crippen LogP contribution in [0.3, 0.4) is 0 Å². The van der Waals surface area contributed by atoms with Crippen LogP contribution in [-0.4, -0.2) is 17.0 Å². The predicted molar refractivity (Wildman–Crippen MR) is 108 cm³/mol. The van der Waals surface area contributed by atoms with Gasteiger partial charge in [0.2, 0.25) is 0 Å². The fourth-order valence-electron chi connectivity index (χ4n) is 2.87. The minimum Gasteiger partial charge on any atom is -0.485 e. The van der Waals surface area contributed by atoms with E-state index in [0.717, 1.165) is 34.4 Å². The molecule has 2 N–H and O–H groups in total. The lowest BCUT2D eigenvalue weighted by molar-refractivity contribution is 0.227. The third kappa shape index (κ3) is 4.23. The van der Waals surface area contributed by atoms with Gasteiger partial charge in [-0.1, -0.05) is 66.8 Å². The number of thiocarbonyl (C=S) groups is 1. The standard InChI is InChI=1S/C20H21NOS.ClH/c1-14(21)13-19(17-10-4-5-12-20(17)23)22-18-11-6-8-15-7-2-3-9-16(15)18;/h2-11,14,19H,12-13,21H2,1H3;1H. The number of halogens is 1. The van der Waals surface area contributed by atoms with Crippen molar-refractivity contribution in [1.82, 2.24) is 0 Å². The van der Waals surface area contributed by atoms with Crippen molar-refractivity contribution in [2.45, 2.75) is 31.9 Å². The molecule has 0 radical (unpaired) electrons. The molecule has 1 aliphatic rings. The maximum atomic E-state index is 6.38. The lowest BCUT2D eigenvalue weighted by Crippen LogP contribution is -2.31. The molecule has 0 spiro atoms. The number of ether oxygens (including phenoxy) is 1. The van der Waals surface area contributed by atoms with Gasteiger partial charge in [-0.15, -0.1) is 12.4 Å². The van der Waals surface area contributed by atoms with Crippen LogP contribution in [0.5, 0.6) is 5.75 Å². The highest BCUT2D eigenvalue weighted by atomic mass is 35.5. The number of benzene rings is 2. The van der Waals surface area contributed by atoms with Crippen molar-refractivity contribution >= 4 is 40.3 Å². The molecular formula is C20H22ClNOS. The summed E-state index contributed by atoms with van der Waals surface area (Å²) in [4.78, 5) is 0.943. The summed E-state index contributed by atoms with van der Waals surface area (Å²) >= 11 is 5.53.